The molecule has 1 saturated carbocycles. The molecule has 1 aliphatic heterocycles. The van der Waals surface area contributed by atoms with Crippen LogP contribution in [0.5, 0.6) is 5.75 Å². The van der Waals surface area contributed by atoms with Gasteiger partial charge in [0.1, 0.15) is 11.5 Å². The SMILES string of the molecule is CCC[C@H]1CC(=O)[C@H]2[C@H](C)CCC[C@H]2N1C(=O)Oc1ccccc1. The van der Waals surface area contributed by atoms with Crippen LogP contribution in [-0.2, 0) is 4.79 Å². The fourth-order valence-electron chi connectivity index (χ4n) is 4.47. The summed E-state index contributed by atoms with van der Waals surface area (Å²) in [7, 11) is 0. The Morgan fingerprint density at radius 3 is 2.71 bits per heavy atom. The largest absolute Gasteiger partial charge is 0.415 e. The molecule has 2 fully saturated rings. The number of ether oxygens (including phenoxy) is 1. The van der Waals surface area contributed by atoms with E-state index in [4.69, 9.17) is 4.74 Å². The molecule has 4 nitrogen and oxygen atoms in total. The van der Waals surface area contributed by atoms with Crippen molar-refractivity contribution in [3.05, 3.63) is 30.3 Å². The van der Waals surface area contributed by atoms with Gasteiger partial charge in [-0.25, -0.2) is 4.79 Å². The second-order valence-corrected chi connectivity index (χ2v) is 7.20. The van der Waals surface area contributed by atoms with Crippen molar-refractivity contribution >= 4 is 11.9 Å². The topological polar surface area (TPSA) is 46.6 Å². The van der Waals surface area contributed by atoms with Crippen LogP contribution in [0.1, 0.15) is 52.4 Å². The van der Waals surface area contributed by atoms with E-state index in [0.29, 0.717) is 23.9 Å². The highest BCUT2D eigenvalue weighted by atomic mass is 16.6. The van der Waals surface area contributed by atoms with Crippen molar-refractivity contribution in [2.75, 3.05) is 0 Å². The van der Waals surface area contributed by atoms with E-state index in [0.717, 1.165) is 32.1 Å². The molecule has 2 aliphatic rings. The van der Waals surface area contributed by atoms with E-state index in [2.05, 4.69) is 13.8 Å². The number of hydrogen-bond donors (Lipinski definition) is 0. The standard InChI is InChI=1S/C20H27NO3/c1-3-8-15-13-18(22)19-14(2)9-7-12-17(19)21(15)20(23)24-16-10-5-4-6-11-16/h4-6,10-11,14-15,17,19H,3,7-9,12-13H2,1-2H3/t14-,15+,17-,19+/m1/s1. The van der Waals surface area contributed by atoms with Crippen LogP contribution in [0, 0.1) is 11.8 Å². The first-order valence-electron chi connectivity index (χ1n) is 9.19. The molecule has 3 rings (SSSR count). The van der Waals surface area contributed by atoms with Crippen LogP contribution in [-0.4, -0.2) is 28.9 Å². The lowest BCUT2D eigenvalue weighted by molar-refractivity contribution is -0.135. The van der Waals surface area contributed by atoms with Gasteiger partial charge in [-0.15, -0.1) is 0 Å². The molecule has 1 amide bonds. The third-order valence-corrected chi connectivity index (χ3v) is 5.53. The molecule has 1 aromatic carbocycles. The first-order chi connectivity index (χ1) is 11.6. The molecule has 1 heterocycles. The quantitative estimate of drug-likeness (QED) is 0.824. The number of carbonyl (C=O) groups excluding carboxylic acids is 2. The number of piperidine rings is 1. The zero-order valence-corrected chi connectivity index (χ0v) is 14.6. The van der Waals surface area contributed by atoms with Crippen LogP contribution in [0.15, 0.2) is 30.3 Å². The fourth-order valence-corrected chi connectivity index (χ4v) is 4.47. The van der Waals surface area contributed by atoms with Gasteiger partial charge in [0.15, 0.2) is 0 Å². The Morgan fingerprint density at radius 2 is 2.00 bits per heavy atom. The number of hydrogen-bond acceptors (Lipinski definition) is 3. The van der Waals surface area contributed by atoms with E-state index in [-0.39, 0.29) is 24.1 Å². The Labute approximate surface area is 144 Å². The van der Waals surface area contributed by atoms with E-state index in [1.54, 1.807) is 12.1 Å². The van der Waals surface area contributed by atoms with Crippen LogP contribution in [0.25, 0.3) is 0 Å². The van der Waals surface area contributed by atoms with Gasteiger partial charge in [0, 0.05) is 24.4 Å². The molecule has 0 aromatic heterocycles. The summed E-state index contributed by atoms with van der Waals surface area (Å²) in [5.41, 5.74) is 0. The minimum Gasteiger partial charge on any atom is -0.410 e. The molecule has 4 heteroatoms. The minimum atomic E-state index is -0.295. The van der Waals surface area contributed by atoms with Gasteiger partial charge in [-0.1, -0.05) is 44.9 Å². The van der Waals surface area contributed by atoms with Gasteiger partial charge >= 0.3 is 6.09 Å². The molecule has 0 N–H and O–H groups in total. The van der Waals surface area contributed by atoms with E-state index >= 15 is 0 Å². The zero-order chi connectivity index (χ0) is 17.1. The molecule has 0 spiro atoms. The van der Waals surface area contributed by atoms with Crippen molar-refractivity contribution in [2.24, 2.45) is 11.8 Å². The number of para-hydroxylation sites is 1. The van der Waals surface area contributed by atoms with E-state index < -0.39 is 0 Å². The Balaban J connectivity index is 1.85. The van der Waals surface area contributed by atoms with Gasteiger partial charge in [-0.3, -0.25) is 4.79 Å². The number of ketones is 1. The van der Waals surface area contributed by atoms with E-state index in [9.17, 15) is 9.59 Å². The maximum absolute atomic E-state index is 12.9. The van der Waals surface area contributed by atoms with Gasteiger partial charge in [0.2, 0.25) is 0 Å². The summed E-state index contributed by atoms with van der Waals surface area (Å²) in [4.78, 5) is 27.5. The summed E-state index contributed by atoms with van der Waals surface area (Å²) in [6.45, 7) is 4.25. The Morgan fingerprint density at radius 1 is 1.25 bits per heavy atom. The van der Waals surface area contributed by atoms with Crippen molar-refractivity contribution in [2.45, 2.75) is 64.5 Å². The lowest BCUT2D eigenvalue weighted by atomic mass is 9.69. The predicted octanol–water partition coefficient (Wildman–Crippen LogP) is 4.43. The number of likely N-dealkylation sites (tertiary alicyclic amines) is 1. The molecule has 1 aliphatic carbocycles. The molecule has 0 unspecified atom stereocenters. The first-order valence-corrected chi connectivity index (χ1v) is 9.19. The van der Waals surface area contributed by atoms with Gasteiger partial charge in [0.25, 0.3) is 0 Å². The number of fused-ring (bicyclic) bond motifs is 1. The highest BCUT2D eigenvalue weighted by Gasteiger charge is 2.48. The summed E-state index contributed by atoms with van der Waals surface area (Å²) < 4.78 is 5.63. The monoisotopic (exact) mass is 329 g/mol. The van der Waals surface area contributed by atoms with Crippen LogP contribution in [0.2, 0.25) is 0 Å². The maximum Gasteiger partial charge on any atom is 0.415 e. The average Bonchev–Trinajstić information content (AvgIpc) is 2.56. The molecule has 0 radical (unpaired) electrons. The van der Waals surface area contributed by atoms with Crippen LogP contribution in [0.4, 0.5) is 4.79 Å². The first kappa shape index (κ1) is 17.0. The van der Waals surface area contributed by atoms with E-state index in [1.165, 1.54) is 0 Å². The molecule has 130 valence electrons. The Bertz CT molecular complexity index is 586. The smallest absolute Gasteiger partial charge is 0.410 e. The summed E-state index contributed by atoms with van der Waals surface area (Å²) in [6, 6.07) is 9.18. The summed E-state index contributed by atoms with van der Waals surface area (Å²) in [5.74, 6) is 1.24. The van der Waals surface area contributed by atoms with Crippen molar-refractivity contribution in [3.63, 3.8) is 0 Å². The summed E-state index contributed by atoms with van der Waals surface area (Å²) in [5, 5.41) is 0. The Kier molecular flexibility index (Phi) is 5.22. The lowest BCUT2D eigenvalue weighted by Gasteiger charge is -2.49. The fraction of sp³-hybridized carbons (Fsp3) is 0.600. The average molecular weight is 329 g/mol. The normalized spacial score (nSPS) is 29.9. The second kappa shape index (κ2) is 7.37. The molecular weight excluding hydrogens is 302 g/mol. The number of amides is 1. The van der Waals surface area contributed by atoms with Gasteiger partial charge in [-0.05, 0) is 37.3 Å². The third-order valence-electron chi connectivity index (χ3n) is 5.53. The summed E-state index contributed by atoms with van der Waals surface area (Å²) >= 11 is 0. The van der Waals surface area contributed by atoms with E-state index in [1.807, 2.05) is 23.1 Å². The Hall–Kier alpha value is -1.84. The number of nitrogens with zero attached hydrogens (tertiary/aromatic N) is 1. The molecule has 1 aromatic rings. The van der Waals surface area contributed by atoms with Gasteiger partial charge in [-0.2, -0.15) is 0 Å². The van der Waals surface area contributed by atoms with Crippen molar-refractivity contribution in [3.8, 4) is 5.75 Å². The molecular formula is C20H27NO3. The minimum absolute atomic E-state index is 0.00256. The maximum atomic E-state index is 12.9. The number of rotatable bonds is 3. The van der Waals surface area contributed by atoms with Crippen molar-refractivity contribution < 1.29 is 14.3 Å². The van der Waals surface area contributed by atoms with Gasteiger partial charge in [0.05, 0.1) is 0 Å². The van der Waals surface area contributed by atoms with Crippen molar-refractivity contribution in [1.29, 1.82) is 0 Å². The number of benzene rings is 1. The molecule has 0 bridgehead atoms. The van der Waals surface area contributed by atoms with Gasteiger partial charge < -0.3 is 9.64 Å². The highest BCUT2D eigenvalue weighted by Crippen LogP contribution is 2.40. The number of Topliss-reactive ketones (excluding diaryl/α,β-unsaturated/α-hetero) is 1. The second-order valence-electron chi connectivity index (χ2n) is 7.20. The zero-order valence-electron chi connectivity index (χ0n) is 14.6. The van der Waals surface area contributed by atoms with Crippen molar-refractivity contribution in [1.82, 2.24) is 4.90 Å². The molecule has 24 heavy (non-hydrogen) atoms. The highest BCUT2D eigenvalue weighted by molar-refractivity contribution is 5.86. The number of carbonyl (C=O) groups is 2. The van der Waals surface area contributed by atoms with Crippen LogP contribution in [0.3, 0.4) is 0 Å². The van der Waals surface area contributed by atoms with Crippen LogP contribution < -0.4 is 4.74 Å². The third kappa shape index (κ3) is 3.33. The summed E-state index contributed by atoms with van der Waals surface area (Å²) in [6.07, 6.45) is 5.05. The predicted molar refractivity (Wildman–Crippen MR) is 92.9 cm³/mol. The molecule has 4 atom stereocenters. The molecule has 1 saturated heterocycles. The van der Waals surface area contributed by atoms with Crippen LogP contribution >= 0.6 is 0 Å². The lowest BCUT2D eigenvalue weighted by Crippen LogP contribution is -2.60.